The second kappa shape index (κ2) is 9.13. The number of hydrogen-bond acceptors (Lipinski definition) is 6. The minimum atomic E-state index is 0.0973. The molecular weight excluding hydrogens is 384 g/mol. The molecular formula is C22H30N4O2S. The highest BCUT2D eigenvalue weighted by Gasteiger charge is 2.23. The van der Waals surface area contributed by atoms with Gasteiger partial charge in [0.1, 0.15) is 5.75 Å². The number of methoxy groups -OCH3 is 1. The Morgan fingerprint density at radius 2 is 1.90 bits per heavy atom. The van der Waals surface area contributed by atoms with E-state index in [0.717, 1.165) is 74.4 Å². The molecule has 0 spiro atoms. The zero-order valence-electron chi connectivity index (χ0n) is 17.4. The molecule has 2 fully saturated rings. The van der Waals surface area contributed by atoms with Crippen LogP contribution >= 0.6 is 11.3 Å². The summed E-state index contributed by atoms with van der Waals surface area (Å²) in [5.41, 5.74) is 2.49. The van der Waals surface area contributed by atoms with Crippen LogP contribution in [0.25, 0.3) is 11.3 Å². The summed E-state index contributed by atoms with van der Waals surface area (Å²) < 4.78 is 5.58. The number of carbonyl (C=O) groups is 1. The fourth-order valence-electron chi connectivity index (χ4n) is 4.16. The van der Waals surface area contributed by atoms with E-state index in [9.17, 15) is 4.79 Å². The molecule has 1 aromatic carbocycles. The summed E-state index contributed by atoms with van der Waals surface area (Å²) in [5.74, 6) is 0.854. The van der Waals surface area contributed by atoms with Gasteiger partial charge in [0.2, 0.25) is 0 Å². The van der Waals surface area contributed by atoms with Gasteiger partial charge in [-0.2, -0.15) is 0 Å². The highest BCUT2D eigenvalue weighted by molar-refractivity contribution is 7.14. The van der Waals surface area contributed by atoms with Crippen LogP contribution < -0.4 is 9.64 Å². The Kier molecular flexibility index (Phi) is 6.35. The second-order valence-corrected chi connectivity index (χ2v) is 8.59. The molecule has 0 unspecified atom stereocenters. The maximum absolute atomic E-state index is 13.1. The van der Waals surface area contributed by atoms with Crippen molar-refractivity contribution in [2.45, 2.75) is 26.2 Å². The zero-order chi connectivity index (χ0) is 20.2. The van der Waals surface area contributed by atoms with E-state index in [0.29, 0.717) is 5.56 Å². The topological polar surface area (TPSA) is 48.9 Å². The first kappa shape index (κ1) is 20.2. The van der Waals surface area contributed by atoms with Gasteiger partial charge in [-0.3, -0.25) is 9.69 Å². The SMILES string of the molecule is CCCN1CCN(C(=O)c2ccc(OC)c(-c3csc(N4CCCC4)n3)c2)CC1. The maximum atomic E-state index is 13.1. The van der Waals surface area contributed by atoms with Crippen molar-refractivity contribution in [2.75, 3.05) is 57.8 Å². The number of ether oxygens (including phenoxy) is 1. The van der Waals surface area contributed by atoms with E-state index < -0.39 is 0 Å². The molecule has 2 aromatic rings. The summed E-state index contributed by atoms with van der Waals surface area (Å²) in [6, 6.07) is 5.71. The molecule has 29 heavy (non-hydrogen) atoms. The number of aromatic nitrogens is 1. The molecule has 156 valence electrons. The summed E-state index contributed by atoms with van der Waals surface area (Å²) in [4.78, 5) is 24.7. The molecule has 1 aromatic heterocycles. The molecule has 0 atom stereocenters. The third-order valence-corrected chi connectivity index (χ3v) is 6.69. The number of rotatable bonds is 6. The lowest BCUT2D eigenvalue weighted by Crippen LogP contribution is -2.48. The standard InChI is InChI=1S/C22H30N4O2S/c1-3-8-24-11-13-25(14-12-24)21(27)17-6-7-20(28-2)18(15-17)19-16-29-22(23-19)26-9-4-5-10-26/h6-7,15-16H,3-5,8-14H2,1-2H3. The van der Waals surface area contributed by atoms with Gasteiger partial charge in [-0.1, -0.05) is 6.92 Å². The molecule has 3 heterocycles. The van der Waals surface area contributed by atoms with Crippen LogP contribution in [-0.2, 0) is 0 Å². The van der Waals surface area contributed by atoms with Gasteiger partial charge in [-0.15, -0.1) is 11.3 Å². The van der Waals surface area contributed by atoms with E-state index in [-0.39, 0.29) is 5.91 Å². The van der Waals surface area contributed by atoms with Crippen LogP contribution in [0.15, 0.2) is 23.6 Å². The van der Waals surface area contributed by atoms with Gasteiger partial charge in [-0.05, 0) is 44.0 Å². The lowest BCUT2D eigenvalue weighted by molar-refractivity contribution is 0.0637. The summed E-state index contributed by atoms with van der Waals surface area (Å²) >= 11 is 1.67. The Bertz CT molecular complexity index is 839. The van der Waals surface area contributed by atoms with Crippen molar-refractivity contribution in [3.05, 3.63) is 29.1 Å². The van der Waals surface area contributed by atoms with Crippen LogP contribution in [0, 0.1) is 0 Å². The van der Waals surface area contributed by atoms with Gasteiger partial charge in [-0.25, -0.2) is 4.98 Å². The largest absolute Gasteiger partial charge is 0.496 e. The first-order valence-corrected chi connectivity index (χ1v) is 11.5. The number of piperazine rings is 1. The van der Waals surface area contributed by atoms with Crippen molar-refractivity contribution < 1.29 is 9.53 Å². The highest BCUT2D eigenvalue weighted by atomic mass is 32.1. The quantitative estimate of drug-likeness (QED) is 0.723. The highest BCUT2D eigenvalue weighted by Crippen LogP contribution is 2.35. The van der Waals surface area contributed by atoms with Gasteiger partial charge in [0.05, 0.1) is 12.8 Å². The first-order chi connectivity index (χ1) is 14.2. The normalized spacial score (nSPS) is 17.7. The number of nitrogens with zero attached hydrogens (tertiary/aromatic N) is 4. The third-order valence-electron chi connectivity index (χ3n) is 5.79. The van der Waals surface area contributed by atoms with Crippen molar-refractivity contribution in [1.82, 2.24) is 14.8 Å². The molecule has 1 amide bonds. The lowest BCUT2D eigenvalue weighted by Gasteiger charge is -2.34. The Morgan fingerprint density at radius 1 is 1.14 bits per heavy atom. The summed E-state index contributed by atoms with van der Waals surface area (Å²) in [6.07, 6.45) is 3.62. The number of benzene rings is 1. The molecule has 0 radical (unpaired) electrons. The van der Waals surface area contributed by atoms with Gasteiger partial charge < -0.3 is 14.5 Å². The molecule has 7 heteroatoms. The number of anilines is 1. The van der Waals surface area contributed by atoms with Crippen molar-refractivity contribution in [3.8, 4) is 17.0 Å². The van der Waals surface area contributed by atoms with Gasteiger partial charge in [0.15, 0.2) is 5.13 Å². The van der Waals surface area contributed by atoms with Crippen LogP contribution in [0.4, 0.5) is 5.13 Å². The Morgan fingerprint density at radius 3 is 2.59 bits per heavy atom. The van der Waals surface area contributed by atoms with Crippen molar-refractivity contribution in [3.63, 3.8) is 0 Å². The number of amides is 1. The van der Waals surface area contributed by atoms with E-state index >= 15 is 0 Å². The predicted molar refractivity (Wildman–Crippen MR) is 118 cm³/mol. The van der Waals surface area contributed by atoms with Crippen LogP contribution in [0.1, 0.15) is 36.5 Å². The molecule has 0 aliphatic carbocycles. The number of hydrogen-bond donors (Lipinski definition) is 0. The fraction of sp³-hybridized carbons (Fsp3) is 0.545. The van der Waals surface area contributed by atoms with Crippen LogP contribution in [0.3, 0.4) is 0 Å². The van der Waals surface area contributed by atoms with E-state index in [1.807, 2.05) is 23.1 Å². The summed E-state index contributed by atoms with van der Waals surface area (Å²) in [6.45, 7) is 8.94. The summed E-state index contributed by atoms with van der Waals surface area (Å²) in [5, 5.41) is 3.13. The van der Waals surface area contributed by atoms with Crippen LogP contribution in [0.5, 0.6) is 5.75 Å². The second-order valence-electron chi connectivity index (χ2n) is 7.76. The molecule has 4 rings (SSSR count). The van der Waals surface area contributed by atoms with Crippen molar-refractivity contribution in [1.29, 1.82) is 0 Å². The fourth-order valence-corrected chi connectivity index (χ4v) is 5.04. The summed E-state index contributed by atoms with van der Waals surface area (Å²) in [7, 11) is 1.67. The average Bonchev–Trinajstić information content (AvgIpc) is 3.45. The molecule has 2 saturated heterocycles. The number of carbonyl (C=O) groups excluding carboxylic acids is 1. The van der Waals surface area contributed by atoms with Crippen molar-refractivity contribution in [2.24, 2.45) is 0 Å². The third kappa shape index (κ3) is 4.41. The molecule has 6 nitrogen and oxygen atoms in total. The smallest absolute Gasteiger partial charge is 0.253 e. The van der Waals surface area contributed by atoms with Gasteiger partial charge in [0, 0.05) is 55.8 Å². The van der Waals surface area contributed by atoms with E-state index in [1.54, 1.807) is 18.4 Å². The Balaban J connectivity index is 1.53. The Labute approximate surface area is 177 Å². The molecule has 0 saturated carbocycles. The van der Waals surface area contributed by atoms with Crippen molar-refractivity contribution >= 4 is 22.4 Å². The minimum Gasteiger partial charge on any atom is -0.496 e. The van der Waals surface area contributed by atoms with Crippen LogP contribution in [0.2, 0.25) is 0 Å². The predicted octanol–water partition coefficient (Wildman–Crippen LogP) is 3.59. The lowest BCUT2D eigenvalue weighted by atomic mass is 10.1. The van der Waals surface area contributed by atoms with Gasteiger partial charge >= 0.3 is 0 Å². The first-order valence-electron chi connectivity index (χ1n) is 10.6. The monoisotopic (exact) mass is 414 g/mol. The van der Waals surface area contributed by atoms with Crippen LogP contribution in [-0.4, -0.2) is 73.6 Å². The molecule has 2 aliphatic heterocycles. The number of thiazole rings is 1. The average molecular weight is 415 g/mol. The van der Waals surface area contributed by atoms with E-state index in [4.69, 9.17) is 9.72 Å². The molecule has 0 bridgehead atoms. The zero-order valence-corrected chi connectivity index (χ0v) is 18.2. The maximum Gasteiger partial charge on any atom is 0.253 e. The van der Waals surface area contributed by atoms with Gasteiger partial charge in [0.25, 0.3) is 5.91 Å². The molecule has 0 N–H and O–H groups in total. The Hall–Kier alpha value is -2.12. The minimum absolute atomic E-state index is 0.0973. The van der Waals surface area contributed by atoms with E-state index in [1.165, 1.54) is 12.8 Å². The molecule has 2 aliphatic rings. The van der Waals surface area contributed by atoms with E-state index in [2.05, 4.69) is 22.1 Å².